The Kier molecular flexibility index (Phi) is 6.42. The van der Waals surface area contributed by atoms with Crippen LogP contribution < -0.4 is 3.80 Å². The van der Waals surface area contributed by atoms with Crippen molar-refractivity contribution in [3.05, 3.63) is 85.5 Å². The van der Waals surface area contributed by atoms with Crippen LogP contribution in [0.25, 0.3) is 0 Å². The van der Waals surface area contributed by atoms with E-state index in [0.29, 0.717) is 5.92 Å². The van der Waals surface area contributed by atoms with Gasteiger partial charge in [0, 0.05) is 0 Å². The van der Waals surface area contributed by atoms with Crippen LogP contribution in [0.3, 0.4) is 0 Å². The monoisotopic (exact) mass is 423 g/mol. The van der Waals surface area contributed by atoms with Crippen LogP contribution in [0.1, 0.15) is 36.0 Å². The van der Waals surface area contributed by atoms with Gasteiger partial charge in [0.1, 0.15) is 0 Å². The Morgan fingerprint density at radius 3 is 2.17 bits per heavy atom. The van der Waals surface area contributed by atoms with Crippen LogP contribution >= 0.6 is 0 Å². The van der Waals surface area contributed by atoms with E-state index in [2.05, 4.69) is 41.3 Å². The van der Waals surface area contributed by atoms with Gasteiger partial charge in [-0.05, 0) is 0 Å². The van der Waals surface area contributed by atoms with Crippen molar-refractivity contribution < 1.29 is 21.6 Å². The molecule has 1 aromatic carbocycles. The van der Waals surface area contributed by atoms with Gasteiger partial charge >= 0.3 is 155 Å². The minimum atomic E-state index is -2.27. The van der Waals surface area contributed by atoms with Gasteiger partial charge in [-0.2, -0.15) is 0 Å². The second-order valence-electron chi connectivity index (χ2n) is 9.01. The molecule has 2 nitrogen and oxygen atoms in total. The van der Waals surface area contributed by atoms with Gasteiger partial charge in [-0.1, -0.05) is 25.3 Å². The number of rotatable bonds is 4. The molecule has 0 spiro atoms. The Hall–Kier alpha value is -1.64. The Labute approximate surface area is 179 Å². The fraction of sp³-hybridized carbons (Fsp3) is 0.423. The molecule has 3 heteroatoms. The van der Waals surface area contributed by atoms with Crippen molar-refractivity contribution in [3.8, 4) is 0 Å². The first-order valence-corrected chi connectivity index (χ1v) is 15.1. The topological polar surface area (TPSA) is 29.1 Å². The molecule has 3 aliphatic carbocycles. The number of carbonyl (C=O) groups excluding carboxylic acids is 1. The van der Waals surface area contributed by atoms with Crippen LogP contribution in [0, 0.1) is 23.7 Å². The molecule has 0 radical (unpaired) electrons. The molecule has 1 N–H and O–H groups in total. The van der Waals surface area contributed by atoms with Crippen molar-refractivity contribution >= 4 is 5.91 Å². The van der Waals surface area contributed by atoms with E-state index in [-0.39, 0.29) is 5.91 Å². The molecule has 1 aliphatic heterocycles. The molecule has 29 heavy (non-hydrogen) atoms. The molecule has 1 saturated heterocycles. The molecule has 1 aromatic rings. The number of hydrogen-bond donors (Lipinski definition) is 1. The zero-order valence-electron chi connectivity index (χ0n) is 17.3. The van der Waals surface area contributed by atoms with Gasteiger partial charge in [0.05, 0.1) is 0 Å². The van der Waals surface area contributed by atoms with E-state index in [4.69, 9.17) is 0 Å². The average molecular weight is 423 g/mol. The zero-order valence-corrected chi connectivity index (χ0v) is 18.9. The molecule has 1 amide bonds. The van der Waals surface area contributed by atoms with E-state index in [1.807, 2.05) is 30.3 Å². The van der Waals surface area contributed by atoms with Crippen molar-refractivity contribution in [1.29, 1.82) is 0 Å². The molecule has 0 aromatic heterocycles. The predicted octanol–water partition coefficient (Wildman–Crippen LogP) is 6.66. The van der Waals surface area contributed by atoms with Gasteiger partial charge in [-0.3, -0.25) is 0 Å². The summed E-state index contributed by atoms with van der Waals surface area (Å²) in [7, 11) is 0. The SMILES string of the molecule is C=CC=C.O=C([NH][Ti]1([CH]2C3C=CC=CC3C3CCCCC32)[CH2][CH2]1)c1ccccc1. The molecular weight excluding hydrogens is 390 g/mol. The number of allylic oxidation sites excluding steroid dienone is 6. The molecule has 5 unspecified atom stereocenters. The molecule has 152 valence electrons. The van der Waals surface area contributed by atoms with Crippen molar-refractivity contribution in [1.82, 2.24) is 3.80 Å². The number of hydrogen-bond acceptors (Lipinski definition) is 1. The predicted molar refractivity (Wildman–Crippen MR) is 118 cm³/mol. The van der Waals surface area contributed by atoms with E-state index in [1.54, 1.807) is 12.2 Å². The summed E-state index contributed by atoms with van der Waals surface area (Å²) in [6.45, 7) is 6.72. The van der Waals surface area contributed by atoms with E-state index in [0.717, 1.165) is 27.5 Å². The molecule has 1 heterocycles. The van der Waals surface area contributed by atoms with Crippen LogP contribution in [0.15, 0.2) is 79.9 Å². The summed E-state index contributed by atoms with van der Waals surface area (Å²) in [4.78, 5) is 12.9. The van der Waals surface area contributed by atoms with Gasteiger partial charge in [0.2, 0.25) is 0 Å². The maximum atomic E-state index is 12.9. The molecule has 5 rings (SSSR count). The first kappa shape index (κ1) is 20.6. The summed E-state index contributed by atoms with van der Waals surface area (Å²) < 4.78 is 7.17. The second kappa shape index (κ2) is 9.02. The summed E-state index contributed by atoms with van der Waals surface area (Å²) in [6, 6.07) is 9.84. The van der Waals surface area contributed by atoms with E-state index >= 15 is 0 Å². The third-order valence-electron chi connectivity index (χ3n) is 7.46. The Morgan fingerprint density at radius 1 is 0.931 bits per heavy atom. The summed E-state index contributed by atoms with van der Waals surface area (Å²) >= 11 is -2.27. The standard InChI is InChI=1S/C13H17.C7H7NO.C4H6.C2H4.Ti/c1-3-7-12-10(5-1)9-11-6-2-4-8-13(11)12;8-7(9)6-4-2-1-3-5-6;1-3-4-2;1-2;/h1,3,5,7,9-13H,2,4,6,8H2;1-5H,(H2,8,9);3-4H,1-2H2;1-2H2;/q;;;;+1/p-1. The number of fused-ring (bicyclic) bond motifs is 3. The van der Waals surface area contributed by atoms with Gasteiger partial charge in [-0.25, -0.2) is 0 Å². The molecule has 2 saturated carbocycles. The van der Waals surface area contributed by atoms with E-state index in [1.165, 1.54) is 35.1 Å². The third-order valence-corrected chi connectivity index (χ3v) is 14.3. The van der Waals surface area contributed by atoms with Gasteiger partial charge in [0.25, 0.3) is 0 Å². The zero-order chi connectivity index (χ0) is 20.3. The molecular formula is C26H33NOTi. The minimum absolute atomic E-state index is 0.198. The Balaban J connectivity index is 0.000000472. The first-order chi connectivity index (χ1) is 14.2. The summed E-state index contributed by atoms with van der Waals surface area (Å²) in [5.41, 5.74) is 0.841. The third kappa shape index (κ3) is 4.16. The van der Waals surface area contributed by atoms with Crippen molar-refractivity contribution in [2.24, 2.45) is 23.7 Å². The van der Waals surface area contributed by atoms with Gasteiger partial charge < -0.3 is 0 Å². The molecule has 4 aliphatic rings. The van der Waals surface area contributed by atoms with Crippen molar-refractivity contribution in [2.45, 2.75) is 39.4 Å². The molecule has 5 atom stereocenters. The Bertz CT molecular complexity index is 801. The van der Waals surface area contributed by atoms with E-state index in [9.17, 15) is 4.79 Å². The maximum absolute atomic E-state index is 12.9. The van der Waals surface area contributed by atoms with Crippen LogP contribution in [0.5, 0.6) is 0 Å². The molecule has 3 fully saturated rings. The van der Waals surface area contributed by atoms with Crippen LogP contribution in [0.2, 0.25) is 13.7 Å². The van der Waals surface area contributed by atoms with Crippen LogP contribution in [-0.2, 0) is 16.8 Å². The van der Waals surface area contributed by atoms with Crippen LogP contribution in [-0.4, -0.2) is 5.91 Å². The van der Waals surface area contributed by atoms with Crippen LogP contribution in [0.4, 0.5) is 0 Å². The quantitative estimate of drug-likeness (QED) is 0.426. The van der Waals surface area contributed by atoms with Crippen molar-refractivity contribution in [2.75, 3.05) is 0 Å². The fourth-order valence-electron chi connectivity index (χ4n) is 6.17. The average Bonchev–Trinajstić information content (AvgIpc) is 3.47. The van der Waals surface area contributed by atoms with Gasteiger partial charge in [0.15, 0.2) is 0 Å². The number of carbonyl (C=O) groups is 1. The number of amides is 1. The number of nitrogens with one attached hydrogen (secondary N) is 1. The number of benzene rings is 1. The van der Waals surface area contributed by atoms with E-state index < -0.39 is 16.8 Å². The van der Waals surface area contributed by atoms with Gasteiger partial charge in [-0.15, -0.1) is 0 Å². The Morgan fingerprint density at radius 2 is 1.55 bits per heavy atom. The molecule has 0 bridgehead atoms. The summed E-state index contributed by atoms with van der Waals surface area (Å²) in [5.74, 6) is 3.40. The van der Waals surface area contributed by atoms with Crippen molar-refractivity contribution in [3.63, 3.8) is 0 Å². The fourth-order valence-corrected chi connectivity index (χ4v) is 14.5. The summed E-state index contributed by atoms with van der Waals surface area (Å²) in [5, 5.41) is 0. The second-order valence-corrected chi connectivity index (χ2v) is 15.6. The normalized spacial score (nSPS) is 32.8. The summed E-state index contributed by atoms with van der Waals surface area (Å²) in [6.07, 6.45) is 18.4. The first-order valence-electron chi connectivity index (χ1n) is 11.2.